The van der Waals surface area contributed by atoms with Gasteiger partial charge in [0.15, 0.2) is 5.82 Å². The van der Waals surface area contributed by atoms with Gasteiger partial charge in [-0.15, -0.1) is 0 Å². The number of aromatic nitrogens is 2. The number of hydrogen-bond donors (Lipinski definition) is 2. The van der Waals surface area contributed by atoms with E-state index in [0.29, 0.717) is 11.5 Å². The van der Waals surface area contributed by atoms with Crippen molar-refractivity contribution in [3.8, 4) is 0 Å². The normalized spacial score (nSPS) is 18.6. The van der Waals surface area contributed by atoms with Crippen molar-refractivity contribution in [3.05, 3.63) is 24.0 Å². The molecule has 2 heterocycles. The highest BCUT2D eigenvalue weighted by molar-refractivity contribution is 5.80. The molecule has 1 aliphatic heterocycles. The first-order valence-electron chi connectivity index (χ1n) is 6.96. The minimum Gasteiger partial charge on any atom is -0.399 e. The molecule has 1 fully saturated rings. The Morgan fingerprint density at radius 1 is 1.25 bits per heavy atom. The summed E-state index contributed by atoms with van der Waals surface area (Å²) in [6.45, 7) is 5.61. The highest BCUT2D eigenvalue weighted by Gasteiger charge is 2.22. The number of aliphatic hydroxyl groups excluding tert-OH is 1. The Morgan fingerprint density at radius 3 is 2.60 bits per heavy atom. The van der Waals surface area contributed by atoms with E-state index in [9.17, 15) is 5.11 Å². The molecule has 0 spiro atoms. The summed E-state index contributed by atoms with van der Waals surface area (Å²) >= 11 is 0. The van der Waals surface area contributed by atoms with E-state index < -0.39 is 6.10 Å². The van der Waals surface area contributed by atoms with Crippen molar-refractivity contribution in [2.75, 3.05) is 44.0 Å². The highest BCUT2D eigenvalue weighted by atomic mass is 16.3. The quantitative estimate of drug-likeness (QED) is 0.784. The minimum absolute atomic E-state index is 0.608. The van der Waals surface area contributed by atoms with Crippen molar-refractivity contribution in [2.24, 2.45) is 0 Å². The smallest absolute Gasteiger partial charge is 0.157 e. The average Bonchev–Trinajstić information content (AvgIpc) is 2.78. The van der Waals surface area contributed by atoms with Crippen LogP contribution in [0.25, 0.3) is 11.0 Å². The molecule has 1 aromatic heterocycles. The van der Waals surface area contributed by atoms with Crippen molar-refractivity contribution < 1.29 is 5.11 Å². The number of nitrogen functional groups attached to an aromatic ring is 1. The second-order valence-corrected chi connectivity index (χ2v) is 5.46. The predicted octanol–water partition coefficient (Wildman–Crippen LogP) is 0.555. The fourth-order valence-corrected chi connectivity index (χ4v) is 2.67. The molecule has 3 rings (SSSR count). The first-order chi connectivity index (χ1) is 9.56. The summed E-state index contributed by atoms with van der Waals surface area (Å²) in [6.07, 6.45) is -0.608. The zero-order valence-electron chi connectivity index (χ0n) is 12.0. The number of nitrogens with two attached hydrogens (primary N) is 1. The largest absolute Gasteiger partial charge is 0.399 e. The Balaban J connectivity index is 2.09. The number of rotatable bonds is 2. The fraction of sp³-hybridized carbons (Fsp3) is 0.500. The van der Waals surface area contributed by atoms with Crippen LogP contribution in [0.2, 0.25) is 0 Å². The molecule has 0 radical (unpaired) electrons. The second-order valence-electron chi connectivity index (χ2n) is 5.46. The lowest BCUT2D eigenvalue weighted by molar-refractivity contribution is 0.181. The van der Waals surface area contributed by atoms with Crippen LogP contribution in [0, 0.1) is 0 Å². The van der Waals surface area contributed by atoms with E-state index in [1.165, 1.54) is 0 Å². The molecule has 3 N–H and O–H groups in total. The van der Waals surface area contributed by atoms with Gasteiger partial charge in [-0.2, -0.15) is 0 Å². The number of likely N-dealkylation sites (N-methyl/N-ethyl adjacent to an activating group) is 1. The summed E-state index contributed by atoms with van der Waals surface area (Å²) in [5.41, 5.74) is 8.35. The Hall–Kier alpha value is -1.79. The zero-order valence-corrected chi connectivity index (χ0v) is 12.0. The number of benzene rings is 1. The van der Waals surface area contributed by atoms with Gasteiger partial charge in [0, 0.05) is 31.9 Å². The maximum absolute atomic E-state index is 10.0. The molecule has 0 aliphatic carbocycles. The second kappa shape index (κ2) is 4.96. The highest BCUT2D eigenvalue weighted by Crippen LogP contribution is 2.23. The summed E-state index contributed by atoms with van der Waals surface area (Å²) in [6, 6.07) is 5.71. The lowest BCUT2D eigenvalue weighted by Crippen LogP contribution is -2.50. The molecule has 0 saturated carbocycles. The zero-order chi connectivity index (χ0) is 14.3. The number of anilines is 1. The van der Waals surface area contributed by atoms with Crippen LogP contribution in [0.3, 0.4) is 0 Å². The molecule has 20 heavy (non-hydrogen) atoms. The van der Waals surface area contributed by atoms with E-state index in [1.807, 2.05) is 22.9 Å². The number of nitrogens with zero attached hydrogens (tertiary/aromatic N) is 4. The first-order valence-corrected chi connectivity index (χ1v) is 6.96. The Morgan fingerprint density at radius 2 is 1.95 bits per heavy atom. The third kappa shape index (κ3) is 2.21. The van der Waals surface area contributed by atoms with Crippen LogP contribution in [-0.4, -0.2) is 52.9 Å². The molecule has 1 aromatic carbocycles. The first kappa shape index (κ1) is 13.2. The van der Waals surface area contributed by atoms with Crippen molar-refractivity contribution in [3.63, 3.8) is 0 Å². The van der Waals surface area contributed by atoms with Crippen LogP contribution in [-0.2, 0) is 0 Å². The topological polar surface area (TPSA) is 70.5 Å². The monoisotopic (exact) mass is 275 g/mol. The van der Waals surface area contributed by atoms with Crippen LogP contribution < -0.4 is 10.7 Å². The molecular formula is C14H21N5O. The number of imidazole rings is 1. The lowest BCUT2D eigenvalue weighted by atomic mass is 10.3. The van der Waals surface area contributed by atoms with Crippen molar-refractivity contribution >= 4 is 16.7 Å². The van der Waals surface area contributed by atoms with E-state index in [0.717, 1.165) is 37.2 Å². The maximum atomic E-state index is 10.0. The van der Waals surface area contributed by atoms with E-state index >= 15 is 0 Å². The van der Waals surface area contributed by atoms with E-state index in [2.05, 4.69) is 21.9 Å². The van der Waals surface area contributed by atoms with Crippen LogP contribution >= 0.6 is 0 Å². The van der Waals surface area contributed by atoms with E-state index in [4.69, 9.17) is 5.73 Å². The predicted molar refractivity (Wildman–Crippen MR) is 80.2 cm³/mol. The summed E-state index contributed by atoms with van der Waals surface area (Å²) in [7, 11) is 2.12. The summed E-state index contributed by atoms with van der Waals surface area (Å²) in [5, 5.41) is 12.2. The van der Waals surface area contributed by atoms with Crippen molar-refractivity contribution in [2.45, 2.75) is 13.0 Å². The van der Waals surface area contributed by atoms with E-state index in [1.54, 1.807) is 6.92 Å². The van der Waals surface area contributed by atoms with Gasteiger partial charge in [-0.3, -0.25) is 0 Å². The van der Waals surface area contributed by atoms with Crippen LogP contribution in [0.4, 0.5) is 5.69 Å². The Kier molecular flexibility index (Phi) is 3.27. The molecule has 0 amide bonds. The molecule has 108 valence electrons. The SMILES string of the molecule is CC(O)c1nc2cc(N)ccc2n1N1CCN(C)CC1. The Labute approximate surface area is 118 Å². The molecule has 1 aliphatic rings. The molecule has 6 nitrogen and oxygen atoms in total. The van der Waals surface area contributed by atoms with Crippen LogP contribution in [0.1, 0.15) is 18.9 Å². The fourth-order valence-electron chi connectivity index (χ4n) is 2.67. The maximum Gasteiger partial charge on any atom is 0.157 e. The van der Waals surface area contributed by atoms with Crippen molar-refractivity contribution in [1.29, 1.82) is 0 Å². The van der Waals surface area contributed by atoms with Crippen LogP contribution in [0.15, 0.2) is 18.2 Å². The van der Waals surface area contributed by atoms with Crippen LogP contribution in [0.5, 0.6) is 0 Å². The van der Waals surface area contributed by atoms with Gasteiger partial charge in [0.05, 0.1) is 11.0 Å². The third-order valence-corrected chi connectivity index (χ3v) is 3.82. The van der Waals surface area contributed by atoms with Crippen molar-refractivity contribution in [1.82, 2.24) is 14.6 Å². The van der Waals surface area contributed by atoms with E-state index in [-0.39, 0.29) is 0 Å². The average molecular weight is 275 g/mol. The van der Waals surface area contributed by atoms with Gasteiger partial charge < -0.3 is 20.7 Å². The number of aliphatic hydroxyl groups is 1. The van der Waals surface area contributed by atoms with Gasteiger partial charge in [0.1, 0.15) is 6.10 Å². The molecule has 1 atom stereocenters. The summed E-state index contributed by atoms with van der Waals surface area (Å²) in [5.74, 6) is 0.676. The Bertz CT molecular complexity index is 613. The molecule has 1 unspecified atom stereocenters. The summed E-state index contributed by atoms with van der Waals surface area (Å²) < 4.78 is 2.05. The molecule has 2 aromatic rings. The van der Waals surface area contributed by atoms with Gasteiger partial charge in [0.25, 0.3) is 0 Å². The molecule has 6 heteroatoms. The number of hydrogen-bond acceptors (Lipinski definition) is 5. The van der Waals surface area contributed by atoms with Gasteiger partial charge in [0.2, 0.25) is 0 Å². The van der Waals surface area contributed by atoms with Gasteiger partial charge in [-0.25, -0.2) is 9.66 Å². The third-order valence-electron chi connectivity index (χ3n) is 3.82. The number of fused-ring (bicyclic) bond motifs is 1. The van der Waals surface area contributed by atoms with Gasteiger partial charge >= 0.3 is 0 Å². The van der Waals surface area contributed by atoms with Gasteiger partial charge in [-0.05, 0) is 32.2 Å². The molecule has 0 bridgehead atoms. The summed E-state index contributed by atoms with van der Waals surface area (Å²) in [4.78, 5) is 6.85. The molecule has 1 saturated heterocycles. The van der Waals surface area contributed by atoms with Gasteiger partial charge in [-0.1, -0.05) is 0 Å². The minimum atomic E-state index is -0.608. The lowest BCUT2D eigenvalue weighted by Gasteiger charge is -2.35. The number of piperazine rings is 1. The molecular weight excluding hydrogens is 254 g/mol. The standard InChI is InChI=1S/C14H21N5O/c1-10(20)14-16-12-9-11(15)3-4-13(12)19(14)18-7-5-17(2)6-8-18/h3-4,9-10,20H,5-8,15H2,1-2H3.